The van der Waals surface area contributed by atoms with Gasteiger partial charge >= 0.3 is 0 Å². The number of carbonyl (C=O) groups excluding carboxylic acids is 1. The van der Waals surface area contributed by atoms with Gasteiger partial charge in [-0.05, 0) is 17.8 Å². The van der Waals surface area contributed by atoms with E-state index in [0.717, 1.165) is 11.9 Å². The first-order chi connectivity index (χ1) is 5.56. The zero-order valence-electron chi connectivity index (χ0n) is 7.69. The molecule has 1 aliphatic rings. The number of hydrogen-bond donors (Lipinski definition) is 1. The van der Waals surface area contributed by atoms with Crippen molar-refractivity contribution in [3.63, 3.8) is 0 Å². The molecule has 70 valence electrons. The highest BCUT2D eigenvalue weighted by molar-refractivity contribution is 9.09. The van der Waals surface area contributed by atoms with Crippen molar-refractivity contribution in [2.24, 2.45) is 11.3 Å². The summed E-state index contributed by atoms with van der Waals surface area (Å²) in [5.41, 5.74) is 0.474. The number of nitrogens with one attached hydrogen (secondary N) is 1. The maximum atomic E-state index is 11.0. The van der Waals surface area contributed by atoms with Gasteiger partial charge < -0.3 is 5.32 Å². The Kier molecular flexibility index (Phi) is 3.16. The van der Waals surface area contributed by atoms with Gasteiger partial charge in [-0.15, -0.1) is 0 Å². The minimum Gasteiger partial charge on any atom is -0.356 e. The fourth-order valence-corrected chi connectivity index (χ4v) is 1.70. The van der Waals surface area contributed by atoms with E-state index in [2.05, 4.69) is 35.1 Å². The zero-order chi connectivity index (χ0) is 9.19. The second kappa shape index (κ2) is 3.77. The van der Waals surface area contributed by atoms with E-state index < -0.39 is 0 Å². The maximum Gasteiger partial charge on any atom is 0.220 e. The van der Waals surface area contributed by atoms with Crippen LogP contribution in [-0.2, 0) is 4.79 Å². The van der Waals surface area contributed by atoms with Crippen molar-refractivity contribution in [2.75, 3.05) is 11.9 Å². The fraction of sp³-hybridized carbons (Fsp3) is 0.889. The maximum absolute atomic E-state index is 11.0. The summed E-state index contributed by atoms with van der Waals surface area (Å²) in [5.74, 6) is 0.867. The number of amides is 1. The summed E-state index contributed by atoms with van der Waals surface area (Å²) in [5, 5.41) is 3.69. The minimum absolute atomic E-state index is 0.162. The summed E-state index contributed by atoms with van der Waals surface area (Å²) in [6.45, 7) is 5.35. The van der Waals surface area contributed by atoms with Crippen LogP contribution in [-0.4, -0.2) is 17.8 Å². The average molecular weight is 234 g/mol. The minimum atomic E-state index is 0.162. The highest BCUT2D eigenvalue weighted by Crippen LogP contribution is 2.50. The van der Waals surface area contributed by atoms with Gasteiger partial charge in [0.25, 0.3) is 0 Å². The first-order valence-electron chi connectivity index (χ1n) is 4.39. The van der Waals surface area contributed by atoms with Gasteiger partial charge in [-0.25, -0.2) is 0 Å². The van der Waals surface area contributed by atoms with Crippen LogP contribution in [0.4, 0.5) is 0 Å². The predicted octanol–water partition coefficient (Wildman–Crippen LogP) is 1.93. The molecule has 0 aromatic rings. The highest BCUT2D eigenvalue weighted by atomic mass is 79.9. The van der Waals surface area contributed by atoms with Crippen molar-refractivity contribution >= 4 is 21.8 Å². The topological polar surface area (TPSA) is 29.1 Å². The molecule has 0 radical (unpaired) electrons. The highest BCUT2D eigenvalue weighted by Gasteiger charge is 2.45. The molecule has 12 heavy (non-hydrogen) atoms. The predicted molar refractivity (Wildman–Crippen MR) is 53.3 cm³/mol. The lowest BCUT2D eigenvalue weighted by molar-refractivity contribution is -0.120. The lowest BCUT2D eigenvalue weighted by Crippen LogP contribution is -2.26. The van der Waals surface area contributed by atoms with Crippen molar-refractivity contribution in [3.05, 3.63) is 0 Å². The summed E-state index contributed by atoms with van der Waals surface area (Å²) < 4.78 is 0. The van der Waals surface area contributed by atoms with Gasteiger partial charge in [0.05, 0.1) is 0 Å². The third-order valence-electron chi connectivity index (χ3n) is 2.58. The van der Waals surface area contributed by atoms with Crippen LogP contribution in [0.25, 0.3) is 0 Å². The van der Waals surface area contributed by atoms with Crippen molar-refractivity contribution in [2.45, 2.75) is 26.7 Å². The lowest BCUT2D eigenvalue weighted by Gasteiger charge is -2.04. The molecule has 1 N–H and O–H groups in total. The molecule has 0 heterocycles. The molecule has 3 heteroatoms. The molecule has 0 spiro atoms. The Labute approximate surface area is 82.2 Å². The Hall–Kier alpha value is -0.0500. The fourth-order valence-electron chi connectivity index (χ4n) is 1.34. The quantitative estimate of drug-likeness (QED) is 0.740. The Morgan fingerprint density at radius 1 is 1.67 bits per heavy atom. The molecule has 1 saturated carbocycles. The van der Waals surface area contributed by atoms with E-state index in [9.17, 15) is 4.79 Å². The third-order valence-corrected chi connectivity index (χ3v) is 2.98. The first-order valence-corrected chi connectivity index (χ1v) is 5.51. The van der Waals surface area contributed by atoms with Crippen molar-refractivity contribution in [3.8, 4) is 0 Å². The van der Waals surface area contributed by atoms with Gasteiger partial charge in [-0.3, -0.25) is 4.79 Å². The van der Waals surface area contributed by atoms with Gasteiger partial charge in [0, 0.05) is 18.3 Å². The Morgan fingerprint density at radius 3 is 2.67 bits per heavy atom. The van der Waals surface area contributed by atoms with Gasteiger partial charge in [0.1, 0.15) is 0 Å². The zero-order valence-corrected chi connectivity index (χ0v) is 9.28. The van der Waals surface area contributed by atoms with Gasteiger partial charge in [-0.1, -0.05) is 29.8 Å². The molecule has 0 bridgehead atoms. The largest absolute Gasteiger partial charge is 0.356 e. The molecule has 1 rings (SSSR count). The Bertz CT molecular complexity index is 179. The van der Waals surface area contributed by atoms with Gasteiger partial charge in [-0.2, -0.15) is 0 Å². The second-order valence-electron chi connectivity index (χ2n) is 4.13. The first kappa shape index (κ1) is 10.0. The SMILES string of the molecule is CC1(C)CC1CNC(=O)CCBr. The number of rotatable bonds is 4. The summed E-state index contributed by atoms with van der Waals surface area (Å²) in [4.78, 5) is 11.0. The number of hydrogen-bond acceptors (Lipinski definition) is 1. The molecular weight excluding hydrogens is 218 g/mol. The van der Waals surface area contributed by atoms with Crippen LogP contribution >= 0.6 is 15.9 Å². The van der Waals surface area contributed by atoms with Crippen LogP contribution in [0.3, 0.4) is 0 Å². The van der Waals surface area contributed by atoms with E-state index in [4.69, 9.17) is 0 Å². The van der Waals surface area contributed by atoms with Crippen molar-refractivity contribution < 1.29 is 4.79 Å². The van der Waals surface area contributed by atoms with Crippen molar-refractivity contribution in [1.82, 2.24) is 5.32 Å². The second-order valence-corrected chi connectivity index (χ2v) is 4.93. The van der Waals surface area contributed by atoms with Crippen molar-refractivity contribution in [1.29, 1.82) is 0 Å². The number of carbonyl (C=O) groups is 1. The van der Waals surface area contributed by atoms with Crippen LogP contribution in [0.2, 0.25) is 0 Å². The van der Waals surface area contributed by atoms with Crippen LogP contribution < -0.4 is 5.32 Å². The summed E-state index contributed by atoms with van der Waals surface area (Å²) >= 11 is 3.23. The molecule has 1 fully saturated rings. The molecule has 1 atom stereocenters. The van der Waals surface area contributed by atoms with Gasteiger partial charge in [0.2, 0.25) is 5.91 Å². The smallest absolute Gasteiger partial charge is 0.220 e. The summed E-state index contributed by atoms with van der Waals surface area (Å²) in [6, 6.07) is 0. The molecule has 1 amide bonds. The van der Waals surface area contributed by atoms with Crippen LogP contribution in [0, 0.1) is 11.3 Å². The third kappa shape index (κ3) is 2.77. The van der Waals surface area contributed by atoms with E-state index >= 15 is 0 Å². The van der Waals surface area contributed by atoms with E-state index in [1.54, 1.807) is 0 Å². The molecule has 0 saturated heterocycles. The van der Waals surface area contributed by atoms with Crippen LogP contribution in [0.1, 0.15) is 26.7 Å². The van der Waals surface area contributed by atoms with Crippen LogP contribution in [0.5, 0.6) is 0 Å². The molecule has 0 aliphatic heterocycles. The van der Waals surface area contributed by atoms with E-state index in [0.29, 0.717) is 17.8 Å². The summed E-state index contributed by atoms with van der Waals surface area (Å²) in [7, 11) is 0. The van der Waals surface area contributed by atoms with E-state index in [1.165, 1.54) is 6.42 Å². The Morgan fingerprint density at radius 2 is 2.25 bits per heavy atom. The molecule has 2 nitrogen and oxygen atoms in total. The van der Waals surface area contributed by atoms with E-state index in [-0.39, 0.29) is 5.91 Å². The molecule has 1 unspecified atom stereocenters. The normalized spacial score (nSPS) is 25.1. The average Bonchev–Trinajstić information content (AvgIpc) is 2.56. The Balaban J connectivity index is 2.07. The monoisotopic (exact) mass is 233 g/mol. The van der Waals surface area contributed by atoms with Gasteiger partial charge in [0.15, 0.2) is 0 Å². The number of halogens is 1. The molecule has 1 aliphatic carbocycles. The molecular formula is C9H16BrNO. The lowest BCUT2D eigenvalue weighted by atomic mass is 10.1. The number of alkyl halides is 1. The summed E-state index contributed by atoms with van der Waals surface area (Å²) in [6.07, 6.45) is 1.84. The standard InChI is InChI=1S/C9H16BrNO/c1-9(2)5-7(9)6-11-8(12)3-4-10/h7H,3-6H2,1-2H3,(H,11,12). The molecule has 0 aromatic carbocycles. The molecule has 0 aromatic heterocycles. The van der Waals surface area contributed by atoms with Crippen LogP contribution in [0.15, 0.2) is 0 Å². The van der Waals surface area contributed by atoms with E-state index in [1.807, 2.05) is 0 Å².